The van der Waals surface area contributed by atoms with Gasteiger partial charge in [-0.05, 0) is 55.3 Å². The zero-order valence-electron chi connectivity index (χ0n) is 20.4. The third kappa shape index (κ3) is 4.74. The van der Waals surface area contributed by atoms with Gasteiger partial charge in [0.15, 0.2) is 0 Å². The van der Waals surface area contributed by atoms with Crippen LogP contribution >= 0.6 is 0 Å². The molecule has 0 aliphatic heterocycles. The predicted octanol–water partition coefficient (Wildman–Crippen LogP) is 4.08. The van der Waals surface area contributed by atoms with Crippen molar-refractivity contribution in [2.75, 3.05) is 25.1 Å². The summed E-state index contributed by atoms with van der Waals surface area (Å²) in [5, 5.41) is 16.4. The Morgan fingerprint density at radius 2 is 1.89 bits per heavy atom. The average molecular weight is 483 g/mol. The van der Waals surface area contributed by atoms with Crippen LogP contribution in [0.5, 0.6) is 5.88 Å². The maximum Gasteiger partial charge on any atom is 0.259 e. The van der Waals surface area contributed by atoms with Gasteiger partial charge in [-0.1, -0.05) is 19.1 Å². The molecule has 4 rings (SSSR count). The van der Waals surface area contributed by atoms with E-state index in [0.717, 1.165) is 23.1 Å². The number of fused-ring (bicyclic) bond motifs is 1. The molecule has 0 fully saturated rings. The maximum atomic E-state index is 13.5. The molecule has 0 saturated carbocycles. The van der Waals surface area contributed by atoms with Crippen LogP contribution in [0, 0.1) is 11.3 Å². The number of hydrogen-bond donors (Lipinski definition) is 1. The summed E-state index contributed by atoms with van der Waals surface area (Å²) < 4.78 is 7.33. The molecule has 182 valence electrons. The zero-order chi connectivity index (χ0) is 25.7. The van der Waals surface area contributed by atoms with E-state index in [9.17, 15) is 14.9 Å². The summed E-state index contributed by atoms with van der Waals surface area (Å²) >= 11 is 0. The van der Waals surface area contributed by atoms with Crippen LogP contribution in [0.3, 0.4) is 0 Å². The first-order valence-corrected chi connectivity index (χ1v) is 11.7. The summed E-state index contributed by atoms with van der Waals surface area (Å²) in [5.74, 6) is 0.234. The number of carbonyl (C=O) groups is 2. The molecule has 1 aromatic carbocycles. The largest absolute Gasteiger partial charge is 0.477 e. The Morgan fingerprint density at radius 3 is 2.56 bits per heavy atom. The van der Waals surface area contributed by atoms with Crippen LogP contribution < -0.4 is 15.0 Å². The second-order valence-electron chi connectivity index (χ2n) is 7.99. The first kappa shape index (κ1) is 24.4. The number of amides is 2. The molecule has 4 aromatic rings. The number of pyridine rings is 2. The van der Waals surface area contributed by atoms with Gasteiger partial charge < -0.3 is 10.1 Å². The Balaban J connectivity index is 1.68. The first-order valence-electron chi connectivity index (χ1n) is 11.7. The minimum absolute atomic E-state index is 0.159. The van der Waals surface area contributed by atoms with Crippen LogP contribution in [0.4, 0.5) is 5.82 Å². The Kier molecular flexibility index (Phi) is 7.25. The SMILES string of the molecule is CCCOc1nc(N(CC)C(=O)c2ccn3ncc(-c4ccc(C(=O)NC)cc4)c3c2)ccc1C#N. The quantitative estimate of drug-likeness (QED) is 0.405. The fourth-order valence-corrected chi connectivity index (χ4v) is 3.82. The molecule has 0 saturated heterocycles. The van der Waals surface area contributed by atoms with E-state index in [4.69, 9.17) is 4.74 Å². The van der Waals surface area contributed by atoms with Crippen LogP contribution in [0.15, 0.2) is 60.9 Å². The van der Waals surface area contributed by atoms with Crippen molar-refractivity contribution in [1.82, 2.24) is 19.9 Å². The molecule has 3 heterocycles. The van der Waals surface area contributed by atoms with Gasteiger partial charge in [0.05, 0.1) is 18.3 Å². The van der Waals surface area contributed by atoms with E-state index < -0.39 is 0 Å². The number of anilines is 1. The number of nitriles is 1. The number of aromatic nitrogens is 3. The standard InChI is InChI=1S/C27H26N6O3/c1-4-14-36-26-21(16-28)10-11-24(31-26)32(5-2)27(35)20-12-13-33-23(15-20)22(17-30-33)18-6-8-19(9-7-18)25(34)29-3/h6-13,15,17H,4-5,14H2,1-3H3,(H,29,34). The number of nitrogens with one attached hydrogen (secondary N) is 1. The minimum atomic E-state index is -0.235. The van der Waals surface area contributed by atoms with Gasteiger partial charge in [-0.2, -0.15) is 15.3 Å². The average Bonchev–Trinajstić information content (AvgIpc) is 3.35. The Hall–Kier alpha value is -4.71. The van der Waals surface area contributed by atoms with E-state index in [0.29, 0.717) is 35.7 Å². The number of rotatable bonds is 8. The van der Waals surface area contributed by atoms with Crippen LogP contribution in [-0.4, -0.2) is 46.6 Å². The van der Waals surface area contributed by atoms with Crippen molar-refractivity contribution in [3.8, 4) is 23.1 Å². The highest BCUT2D eigenvalue weighted by Gasteiger charge is 2.20. The summed E-state index contributed by atoms with van der Waals surface area (Å²) in [6.07, 6.45) is 4.24. The topological polar surface area (TPSA) is 113 Å². The third-order valence-electron chi connectivity index (χ3n) is 5.70. The van der Waals surface area contributed by atoms with E-state index in [1.54, 1.807) is 65.3 Å². The lowest BCUT2D eigenvalue weighted by Gasteiger charge is -2.21. The van der Waals surface area contributed by atoms with Gasteiger partial charge in [-0.3, -0.25) is 14.5 Å². The second-order valence-corrected chi connectivity index (χ2v) is 7.99. The van der Waals surface area contributed by atoms with Gasteiger partial charge in [0.25, 0.3) is 11.8 Å². The van der Waals surface area contributed by atoms with Gasteiger partial charge >= 0.3 is 0 Å². The molecule has 3 aromatic heterocycles. The van der Waals surface area contributed by atoms with Crippen LogP contribution in [-0.2, 0) is 0 Å². The van der Waals surface area contributed by atoms with Crippen molar-refractivity contribution >= 4 is 23.1 Å². The molecule has 0 unspecified atom stereocenters. The van der Waals surface area contributed by atoms with Crippen LogP contribution in [0.1, 0.15) is 46.5 Å². The van der Waals surface area contributed by atoms with Crippen LogP contribution in [0.2, 0.25) is 0 Å². The number of benzene rings is 1. The van der Waals surface area contributed by atoms with E-state index in [2.05, 4.69) is 21.5 Å². The fraction of sp³-hybridized carbons (Fsp3) is 0.222. The molecule has 1 N–H and O–H groups in total. The van der Waals surface area contributed by atoms with Gasteiger partial charge in [0.1, 0.15) is 17.5 Å². The molecule has 9 nitrogen and oxygen atoms in total. The summed E-state index contributed by atoms with van der Waals surface area (Å²) in [6, 6.07) is 16.1. The first-order chi connectivity index (χ1) is 17.5. The van der Waals surface area contributed by atoms with Crippen molar-refractivity contribution in [2.24, 2.45) is 0 Å². The van der Waals surface area contributed by atoms with Crippen molar-refractivity contribution in [3.63, 3.8) is 0 Å². The van der Waals surface area contributed by atoms with Crippen molar-refractivity contribution in [3.05, 3.63) is 77.6 Å². The maximum absolute atomic E-state index is 13.5. The number of hydrogen-bond acceptors (Lipinski definition) is 6. The molecule has 2 amide bonds. The molecular weight excluding hydrogens is 456 g/mol. The Labute approximate surface area is 208 Å². The molecule has 0 spiro atoms. The Bertz CT molecular complexity index is 1450. The summed E-state index contributed by atoms with van der Waals surface area (Å²) in [5.41, 5.74) is 3.82. The van der Waals surface area contributed by atoms with Gasteiger partial charge in [-0.25, -0.2) is 4.52 Å². The molecular formula is C27H26N6O3. The number of ether oxygens (including phenoxy) is 1. The molecule has 0 atom stereocenters. The van der Waals surface area contributed by atoms with Crippen molar-refractivity contribution in [2.45, 2.75) is 20.3 Å². The summed E-state index contributed by atoms with van der Waals surface area (Å²) in [4.78, 5) is 31.4. The van der Waals surface area contributed by atoms with Crippen molar-refractivity contribution in [1.29, 1.82) is 5.26 Å². The monoisotopic (exact) mass is 482 g/mol. The smallest absolute Gasteiger partial charge is 0.259 e. The summed E-state index contributed by atoms with van der Waals surface area (Å²) in [6.45, 7) is 4.63. The zero-order valence-corrected chi connectivity index (χ0v) is 20.4. The van der Waals surface area contributed by atoms with E-state index >= 15 is 0 Å². The van der Waals surface area contributed by atoms with E-state index in [1.165, 1.54) is 0 Å². The Morgan fingerprint density at radius 1 is 1.11 bits per heavy atom. The lowest BCUT2D eigenvalue weighted by atomic mass is 10.0. The lowest BCUT2D eigenvalue weighted by Crippen LogP contribution is -2.31. The third-order valence-corrected chi connectivity index (χ3v) is 5.70. The van der Waals surface area contributed by atoms with Crippen LogP contribution in [0.25, 0.3) is 16.6 Å². The second kappa shape index (κ2) is 10.7. The number of nitrogens with zero attached hydrogens (tertiary/aromatic N) is 5. The minimum Gasteiger partial charge on any atom is -0.477 e. The fourth-order valence-electron chi connectivity index (χ4n) is 3.82. The highest BCUT2D eigenvalue weighted by Crippen LogP contribution is 2.27. The van der Waals surface area contributed by atoms with Crippen molar-refractivity contribution < 1.29 is 14.3 Å². The normalized spacial score (nSPS) is 10.6. The lowest BCUT2D eigenvalue weighted by molar-refractivity contribution is 0.0960. The molecule has 36 heavy (non-hydrogen) atoms. The summed E-state index contributed by atoms with van der Waals surface area (Å²) in [7, 11) is 1.59. The molecule has 0 aliphatic carbocycles. The molecule has 0 radical (unpaired) electrons. The van der Waals surface area contributed by atoms with Gasteiger partial charge in [0.2, 0.25) is 5.88 Å². The molecule has 0 aliphatic rings. The number of carbonyl (C=O) groups excluding carboxylic acids is 2. The van der Waals surface area contributed by atoms with Gasteiger partial charge in [0, 0.05) is 36.5 Å². The van der Waals surface area contributed by atoms with E-state index in [-0.39, 0.29) is 17.7 Å². The van der Waals surface area contributed by atoms with Gasteiger partial charge in [-0.15, -0.1) is 0 Å². The predicted molar refractivity (Wildman–Crippen MR) is 136 cm³/mol. The highest BCUT2D eigenvalue weighted by atomic mass is 16.5. The molecule has 9 heteroatoms. The highest BCUT2D eigenvalue weighted by molar-refractivity contribution is 6.06. The van der Waals surface area contributed by atoms with E-state index in [1.807, 2.05) is 26.0 Å². The molecule has 0 bridgehead atoms.